The molecular weight excluding hydrogens is 332 g/mol. The highest BCUT2D eigenvalue weighted by Crippen LogP contribution is 2.35. The number of carbonyl (C=O) groups is 1. The van der Waals surface area contributed by atoms with Crippen molar-refractivity contribution in [1.29, 1.82) is 0 Å². The third-order valence-corrected chi connectivity index (χ3v) is 4.38. The summed E-state index contributed by atoms with van der Waals surface area (Å²) in [5, 5.41) is 7.46. The Bertz CT molecular complexity index is 808. The van der Waals surface area contributed by atoms with Crippen LogP contribution in [0.15, 0.2) is 41.9 Å². The van der Waals surface area contributed by atoms with Crippen LogP contribution in [-0.2, 0) is 14.3 Å². The third-order valence-electron chi connectivity index (χ3n) is 4.38. The van der Waals surface area contributed by atoms with Crippen LogP contribution in [0.2, 0.25) is 0 Å². The van der Waals surface area contributed by atoms with E-state index in [1.54, 1.807) is 18.7 Å². The number of rotatable bonds is 6. The Morgan fingerprint density at radius 3 is 2.65 bits per heavy atom. The molecule has 1 aromatic heterocycles. The SMILES string of the molecule is CCOC(=O)C1=C(COC)Nc2ncnn2C1c1ccc(C(C)C)cc1. The molecule has 138 valence electrons. The van der Waals surface area contributed by atoms with Gasteiger partial charge >= 0.3 is 5.97 Å². The molecule has 0 amide bonds. The van der Waals surface area contributed by atoms with Crippen molar-refractivity contribution < 1.29 is 14.3 Å². The highest BCUT2D eigenvalue weighted by atomic mass is 16.5. The highest BCUT2D eigenvalue weighted by molar-refractivity contribution is 5.92. The van der Waals surface area contributed by atoms with Gasteiger partial charge in [-0.1, -0.05) is 38.1 Å². The van der Waals surface area contributed by atoms with Crippen molar-refractivity contribution in [2.45, 2.75) is 32.7 Å². The van der Waals surface area contributed by atoms with Gasteiger partial charge in [0.05, 0.1) is 24.5 Å². The standard InChI is InChI=1S/C19H24N4O3/c1-5-26-18(24)16-15(10-25-4)22-19-20-11-21-23(19)17(16)14-8-6-13(7-9-14)12(2)3/h6-9,11-12,17H,5,10H2,1-4H3,(H,20,21,22). The predicted octanol–water partition coefficient (Wildman–Crippen LogP) is 2.88. The van der Waals surface area contributed by atoms with E-state index in [9.17, 15) is 4.79 Å². The van der Waals surface area contributed by atoms with E-state index in [4.69, 9.17) is 9.47 Å². The zero-order valence-corrected chi connectivity index (χ0v) is 15.5. The number of esters is 1. The summed E-state index contributed by atoms with van der Waals surface area (Å²) in [6.45, 7) is 6.64. The van der Waals surface area contributed by atoms with E-state index in [0.717, 1.165) is 5.56 Å². The van der Waals surface area contributed by atoms with Crippen molar-refractivity contribution in [3.8, 4) is 0 Å². The zero-order valence-electron chi connectivity index (χ0n) is 15.5. The Balaban J connectivity index is 2.12. The summed E-state index contributed by atoms with van der Waals surface area (Å²) < 4.78 is 12.3. The minimum absolute atomic E-state index is 0.252. The Hall–Kier alpha value is -2.67. The van der Waals surface area contributed by atoms with E-state index in [2.05, 4.69) is 41.4 Å². The molecule has 0 aliphatic carbocycles. The molecule has 0 bridgehead atoms. The molecule has 0 fully saturated rings. The van der Waals surface area contributed by atoms with Crippen molar-refractivity contribution in [2.75, 3.05) is 25.6 Å². The zero-order chi connectivity index (χ0) is 18.7. The van der Waals surface area contributed by atoms with Crippen LogP contribution in [0.25, 0.3) is 0 Å². The van der Waals surface area contributed by atoms with Crippen LogP contribution in [-0.4, -0.2) is 41.1 Å². The largest absolute Gasteiger partial charge is 0.463 e. The van der Waals surface area contributed by atoms with E-state index < -0.39 is 6.04 Å². The van der Waals surface area contributed by atoms with E-state index >= 15 is 0 Å². The Labute approximate surface area is 153 Å². The van der Waals surface area contributed by atoms with Gasteiger partial charge in [0, 0.05) is 7.11 Å². The van der Waals surface area contributed by atoms with Crippen molar-refractivity contribution in [2.24, 2.45) is 0 Å². The van der Waals surface area contributed by atoms with Crippen LogP contribution in [0.3, 0.4) is 0 Å². The summed E-state index contributed by atoms with van der Waals surface area (Å²) in [6.07, 6.45) is 1.47. The molecule has 1 N–H and O–H groups in total. The maximum absolute atomic E-state index is 12.7. The quantitative estimate of drug-likeness (QED) is 0.802. The molecule has 26 heavy (non-hydrogen) atoms. The van der Waals surface area contributed by atoms with Crippen molar-refractivity contribution in [1.82, 2.24) is 14.8 Å². The molecule has 1 aliphatic rings. The fourth-order valence-corrected chi connectivity index (χ4v) is 3.09. The molecule has 2 heterocycles. The molecule has 1 atom stereocenters. The lowest BCUT2D eigenvalue weighted by molar-refractivity contribution is -0.139. The first-order valence-electron chi connectivity index (χ1n) is 8.72. The van der Waals surface area contributed by atoms with Crippen molar-refractivity contribution >= 4 is 11.9 Å². The number of ether oxygens (including phenoxy) is 2. The van der Waals surface area contributed by atoms with Crippen LogP contribution in [0, 0.1) is 0 Å². The second-order valence-electron chi connectivity index (χ2n) is 6.42. The van der Waals surface area contributed by atoms with E-state index in [1.807, 2.05) is 12.1 Å². The average Bonchev–Trinajstić information content (AvgIpc) is 3.09. The lowest BCUT2D eigenvalue weighted by Crippen LogP contribution is -2.31. The minimum atomic E-state index is -0.417. The predicted molar refractivity (Wildman–Crippen MR) is 97.8 cm³/mol. The lowest BCUT2D eigenvalue weighted by atomic mass is 9.93. The van der Waals surface area contributed by atoms with Gasteiger partial charge in [0.2, 0.25) is 5.95 Å². The van der Waals surface area contributed by atoms with Gasteiger partial charge in [-0.15, -0.1) is 0 Å². The first-order valence-corrected chi connectivity index (χ1v) is 8.72. The molecule has 0 saturated carbocycles. The number of carbonyl (C=O) groups excluding carboxylic acids is 1. The number of methoxy groups -OCH3 is 1. The number of hydrogen-bond acceptors (Lipinski definition) is 6. The second kappa shape index (κ2) is 7.70. The van der Waals surface area contributed by atoms with Gasteiger partial charge in [0.1, 0.15) is 12.4 Å². The summed E-state index contributed by atoms with van der Waals surface area (Å²) in [5.41, 5.74) is 3.31. The van der Waals surface area contributed by atoms with E-state index in [0.29, 0.717) is 29.7 Å². The van der Waals surface area contributed by atoms with E-state index in [-0.39, 0.29) is 12.6 Å². The summed E-state index contributed by atoms with van der Waals surface area (Å²) in [6, 6.07) is 7.80. The number of hydrogen-bond donors (Lipinski definition) is 1. The van der Waals surface area contributed by atoms with Gasteiger partial charge in [-0.3, -0.25) is 0 Å². The summed E-state index contributed by atoms with van der Waals surface area (Å²) >= 11 is 0. The summed E-state index contributed by atoms with van der Waals surface area (Å²) in [7, 11) is 1.59. The van der Waals surface area contributed by atoms with Gasteiger partial charge in [0.15, 0.2) is 0 Å². The summed E-state index contributed by atoms with van der Waals surface area (Å²) in [5.74, 6) is 0.622. The molecule has 1 aliphatic heterocycles. The molecule has 7 nitrogen and oxygen atoms in total. The molecule has 0 spiro atoms. The Morgan fingerprint density at radius 2 is 2.04 bits per heavy atom. The molecule has 3 rings (SSSR count). The van der Waals surface area contributed by atoms with Crippen LogP contribution in [0.4, 0.5) is 5.95 Å². The van der Waals surface area contributed by atoms with Crippen LogP contribution in [0.5, 0.6) is 0 Å². The number of fused-ring (bicyclic) bond motifs is 1. The van der Waals surface area contributed by atoms with Crippen molar-refractivity contribution in [3.63, 3.8) is 0 Å². The topological polar surface area (TPSA) is 78.3 Å². The number of aromatic nitrogens is 3. The molecule has 7 heteroatoms. The lowest BCUT2D eigenvalue weighted by Gasteiger charge is -2.29. The Morgan fingerprint density at radius 1 is 1.31 bits per heavy atom. The second-order valence-corrected chi connectivity index (χ2v) is 6.42. The van der Waals surface area contributed by atoms with Crippen LogP contribution < -0.4 is 5.32 Å². The summed E-state index contributed by atoms with van der Waals surface area (Å²) in [4.78, 5) is 17.0. The van der Waals surface area contributed by atoms with Crippen LogP contribution in [0.1, 0.15) is 43.9 Å². The molecule has 0 radical (unpaired) electrons. The minimum Gasteiger partial charge on any atom is -0.463 e. The third kappa shape index (κ3) is 3.35. The number of anilines is 1. The normalized spacial score (nSPS) is 16.4. The molecule has 0 saturated heterocycles. The van der Waals surface area contributed by atoms with Crippen LogP contribution >= 0.6 is 0 Å². The number of nitrogens with zero attached hydrogens (tertiary/aromatic N) is 3. The molecule has 2 aromatic rings. The van der Waals surface area contributed by atoms with E-state index in [1.165, 1.54) is 11.9 Å². The van der Waals surface area contributed by atoms with Gasteiger partial charge in [-0.05, 0) is 24.0 Å². The first kappa shape index (κ1) is 18.1. The van der Waals surface area contributed by atoms with Gasteiger partial charge in [-0.2, -0.15) is 10.1 Å². The van der Waals surface area contributed by atoms with Gasteiger partial charge < -0.3 is 14.8 Å². The maximum Gasteiger partial charge on any atom is 0.338 e. The molecule has 1 unspecified atom stereocenters. The van der Waals surface area contributed by atoms with Gasteiger partial charge in [-0.25, -0.2) is 9.48 Å². The number of benzene rings is 1. The Kier molecular flexibility index (Phi) is 5.37. The first-order chi connectivity index (χ1) is 12.6. The monoisotopic (exact) mass is 356 g/mol. The molecular formula is C19H24N4O3. The fraction of sp³-hybridized carbons (Fsp3) is 0.421. The van der Waals surface area contributed by atoms with Gasteiger partial charge in [0.25, 0.3) is 0 Å². The average molecular weight is 356 g/mol. The maximum atomic E-state index is 12.7. The number of nitrogens with one attached hydrogen (secondary N) is 1. The molecule has 1 aromatic carbocycles. The van der Waals surface area contributed by atoms with Crippen molar-refractivity contribution in [3.05, 3.63) is 53.0 Å². The smallest absolute Gasteiger partial charge is 0.338 e. The fourth-order valence-electron chi connectivity index (χ4n) is 3.09. The highest BCUT2D eigenvalue weighted by Gasteiger charge is 2.35.